The lowest BCUT2D eigenvalue weighted by Gasteiger charge is -2.05. The first-order valence-corrected chi connectivity index (χ1v) is 5.37. The Morgan fingerprint density at radius 2 is 2.23 bits per heavy atom. The van der Waals surface area contributed by atoms with Crippen LogP contribution in [0.25, 0.3) is 0 Å². The minimum Gasteiger partial charge on any atom is -0.507 e. The maximum Gasteiger partial charge on any atom is 0.123 e. The Balaban J connectivity index is 2.73. The van der Waals surface area contributed by atoms with Crippen LogP contribution in [0.15, 0.2) is 18.2 Å². The minimum atomic E-state index is 0.320. The number of phenolic OH excluding ortho intramolecular Hbond substituents is 1. The average Bonchev–Trinajstić information content (AvgIpc) is 2.16. The number of rotatable bonds is 4. The molecule has 0 amide bonds. The van der Waals surface area contributed by atoms with Crippen LogP contribution in [0.3, 0.4) is 0 Å². The second kappa shape index (κ2) is 5.02. The molecule has 3 heteroatoms. The van der Waals surface area contributed by atoms with Crippen molar-refractivity contribution in [2.75, 3.05) is 12.9 Å². The zero-order valence-electron chi connectivity index (χ0n) is 7.91. The van der Waals surface area contributed by atoms with Gasteiger partial charge >= 0.3 is 0 Å². The molecule has 1 aromatic carbocycles. The summed E-state index contributed by atoms with van der Waals surface area (Å²) in [5.74, 6) is 2.93. The van der Waals surface area contributed by atoms with Gasteiger partial charge in [0.15, 0.2) is 0 Å². The highest BCUT2D eigenvalue weighted by molar-refractivity contribution is 7.98. The van der Waals surface area contributed by atoms with Crippen LogP contribution in [0.4, 0.5) is 0 Å². The molecule has 0 aromatic heterocycles. The standard InChI is InChI=1S/C10H14O2S/c1-3-13-7-8-4-5-9(12-2)6-10(8)11/h4-6,11H,3,7H2,1-2H3. The molecule has 1 rings (SSSR count). The lowest BCUT2D eigenvalue weighted by atomic mass is 10.2. The molecule has 13 heavy (non-hydrogen) atoms. The topological polar surface area (TPSA) is 29.5 Å². The van der Waals surface area contributed by atoms with Gasteiger partial charge < -0.3 is 9.84 Å². The summed E-state index contributed by atoms with van der Waals surface area (Å²) in [5.41, 5.74) is 0.965. The molecule has 0 bridgehead atoms. The van der Waals surface area contributed by atoms with E-state index in [-0.39, 0.29) is 0 Å². The van der Waals surface area contributed by atoms with Gasteiger partial charge in [0.05, 0.1) is 7.11 Å². The third kappa shape index (κ3) is 2.84. The number of hydrogen-bond acceptors (Lipinski definition) is 3. The summed E-state index contributed by atoms with van der Waals surface area (Å²) in [6.45, 7) is 2.10. The molecule has 0 heterocycles. The summed E-state index contributed by atoms with van der Waals surface area (Å²) >= 11 is 1.79. The van der Waals surface area contributed by atoms with Crippen molar-refractivity contribution in [1.82, 2.24) is 0 Å². The highest BCUT2D eigenvalue weighted by Crippen LogP contribution is 2.26. The second-order valence-corrected chi connectivity index (χ2v) is 3.91. The average molecular weight is 198 g/mol. The highest BCUT2D eigenvalue weighted by atomic mass is 32.2. The molecule has 0 saturated carbocycles. The van der Waals surface area contributed by atoms with E-state index in [2.05, 4.69) is 6.92 Å². The van der Waals surface area contributed by atoms with Crippen LogP contribution in [-0.4, -0.2) is 18.0 Å². The van der Waals surface area contributed by atoms with Crippen molar-refractivity contribution in [3.05, 3.63) is 23.8 Å². The van der Waals surface area contributed by atoms with Gasteiger partial charge in [0.25, 0.3) is 0 Å². The fraction of sp³-hybridized carbons (Fsp3) is 0.400. The number of phenols is 1. The number of thioether (sulfide) groups is 1. The summed E-state index contributed by atoms with van der Waals surface area (Å²) in [5, 5.41) is 9.56. The van der Waals surface area contributed by atoms with Gasteiger partial charge in [-0.1, -0.05) is 13.0 Å². The largest absolute Gasteiger partial charge is 0.507 e. The van der Waals surface area contributed by atoms with Crippen LogP contribution in [0, 0.1) is 0 Å². The lowest BCUT2D eigenvalue weighted by molar-refractivity contribution is 0.407. The lowest BCUT2D eigenvalue weighted by Crippen LogP contribution is -1.86. The van der Waals surface area contributed by atoms with Crippen LogP contribution >= 0.6 is 11.8 Å². The molecule has 0 spiro atoms. The first-order chi connectivity index (χ1) is 6.27. The van der Waals surface area contributed by atoms with Crippen LogP contribution < -0.4 is 4.74 Å². The second-order valence-electron chi connectivity index (χ2n) is 2.63. The fourth-order valence-corrected chi connectivity index (χ4v) is 1.67. The summed E-state index contributed by atoms with van der Waals surface area (Å²) < 4.78 is 4.99. The van der Waals surface area contributed by atoms with Crippen LogP contribution in [0.5, 0.6) is 11.5 Å². The molecule has 0 atom stereocenters. The van der Waals surface area contributed by atoms with Crippen molar-refractivity contribution in [2.45, 2.75) is 12.7 Å². The van der Waals surface area contributed by atoms with Crippen LogP contribution in [-0.2, 0) is 5.75 Å². The van der Waals surface area contributed by atoms with E-state index in [0.717, 1.165) is 17.1 Å². The van der Waals surface area contributed by atoms with Crippen molar-refractivity contribution in [3.8, 4) is 11.5 Å². The summed E-state index contributed by atoms with van der Waals surface area (Å²) in [4.78, 5) is 0. The molecular formula is C10H14O2S. The Hall–Kier alpha value is -0.830. The first-order valence-electron chi connectivity index (χ1n) is 4.21. The zero-order chi connectivity index (χ0) is 9.68. The SMILES string of the molecule is CCSCc1ccc(OC)cc1O. The molecule has 0 saturated heterocycles. The van der Waals surface area contributed by atoms with Gasteiger partial charge in [-0.25, -0.2) is 0 Å². The van der Waals surface area contributed by atoms with Crippen molar-refractivity contribution < 1.29 is 9.84 Å². The zero-order valence-corrected chi connectivity index (χ0v) is 8.73. The van der Waals surface area contributed by atoms with Gasteiger partial charge in [0.2, 0.25) is 0 Å². The van der Waals surface area contributed by atoms with Gasteiger partial charge in [-0.2, -0.15) is 11.8 Å². The number of hydrogen-bond donors (Lipinski definition) is 1. The van der Waals surface area contributed by atoms with E-state index < -0.39 is 0 Å². The third-order valence-electron chi connectivity index (χ3n) is 1.75. The van der Waals surface area contributed by atoms with E-state index in [1.54, 1.807) is 24.9 Å². The van der Waals surface area contributed by atoms with E-state index in [4.69, 9.17) is 4.74 Å². The highest BCUT2D eigenvalue weighted by Gasteiger charge is 2.01. The molecule has 1 aromatic rings. The van der Waals surface area contributed by atoms with Gasteiger partial charge in [-0.3, -0.25) is 0 Å². The molecule has 0 radical (unpaired) electrons. The van der Waals surface area contributed by atoms with Crippen molar-refractivity contribution in [2.24, 2.45) is 0 Å². The Kier molecular flexibility index (Phi) is 3.96. The Bertz CT molecular complexity index is 274. The van der Waals surface area contributed by atoms with E-state index in [0.29, 0.717) is 11.5 Å². The van der Waals surface area contributed by atoms with Crippen molar-refractivity contribution >= 4 is 11.8 Å². The fourth-order valence-electron chi connectivity index (χ4n) is 1.00. The number of aromatic hydroxyl groups is 1. The molecule has 0 aliphatic carbocycles. The number of ether oxygens (including phenoxy) is 1. The normalized spacial score (nSPS) is 10.0. The maximum absolute atomic E-state index is 9.56. The van der Waals surface area contributed by atoms with Gasteiger partial charge in [0, 0.05) is 17.4 Å². The predicted molar refractivity (Wildman–Crippen MR) is 56.5 cm³/mol. The van der Waals surface area contributed by atoms with Crippen molar-refractivity contribution in [3.63, 3.8) is 0 Å². The molecule has 72 valence electrons. The van der Waals surface area contributed by atoms with Gasteiger partial charge in [0.1, 0.15) is 11.5 Å². The van der Waals surface area contributed by atoms with E-state index in [1.165, 1.54) is 0 Å². The first kappa shape index (κ1) is 10.3. The molecule has 0 aliphatic rings. The van der Waals surface area contributed by atoms with E-state index >= 15 is 0 Å². The number of benzene rings is 1. The Morgan fingerprint density at radius 1 is 1.46 bits per heavy atom. The molecule has 2 nitrogen and oxygen atoms in total. The van der Waals surface area contributed by atoms with Crippen LogP contribution in [0.1, 0.15) is 12.5 Å². The minimum absolute atomic E-state index is 0.320. The Labute approximate surface area is 82.9 Å². The molecule has 0 unspecified atom stereocenters. The van der Waals surface area contributed by atoms with Crippen molar-refractivity contribution in [1.29, 1.82) is 0 Å². The predicted octanol–water partition coefficient (Wildman–Crippen LogP) is 2.65. The molecule has 0 aliphatic heterocycles. The molecule has 1 N–H and O–H groups in total. The monoisotopic (exact) mass is 198 g/mol. The smallest absolute Gasteiger partial charge is 0.123 e. The molecular weight excluding hydrogens is 184 g/mol. The maximum atomic E-state index is 9.56. The number of methoxy groups -OCH3 is 1. The van der Waals surface area contributed by atoms with E-state index in [9.17, 15) is 5.11 Å². The molecule has 0 fully saturated rings. The quantitative estimate of drug-likeness (QED) is 0.806. The van der Waals surface area contributed by atoms with Crippen LogP contribution in [0.2, 0.25) is 0 Å². The summed E-state index contributed by atoms with van der Waals surface area (Å²) in [6, 6.07) is 5.41. The summed E-state index contributed by atoms with van der Waals surface area (Å²) in [6.07, 6.45) is 0. The summed E-state index contributed by atoms with van der Waals surface area (Å²) in [7, 11) is 1.59. The van der Waals surface area contributed by atoms with Gasteiger partial charge in [-0.05, 0) is 11.8 Å². The van der Waals surface area contributed by atoms with E-state index in [1.807, 2.05) is 12.1 Å². The Morgan fingerprint density at radius 3 is 2.77 bits per heavy atom. The third-order valence-corrected chi connectivity index (χ3v) is 2.68. The van der Waals surface area contributed by atoms with Gasteiger partial charge in [-0.15, -0.1) is 0 Å².